The quantitative estimate of drug-likeness (QED) is 0.548. The molecule has 5 nitrogen and oxygen atoms in total. The van der Waals surface area contributed by atoms with E-state index in [-0.39, 0.29) is 17.1 Å². The van der Waals surface area contributed by atoms with Gasteiger partial charge in [-0.25, -0.2) is 9.97 Å². The predicted octanol–water partition coefficient (Wildman–Crippen LogP) is 5.00. The van der Waals surface area contributed by atoms with Gasteiger partial charge in [0.15, 0.2) is 5.82 Å². The number of hydrogen-bond donors (Lipinski definition) is 1. The number of halogens is 3. The van der Waals surface area contributed by atoms with E-state index in [0.29, 0.717) is 17.9 Å². The summed E-state index contributed by atoms with van der Waals surface area (Å²) in [4.78, 5) is 11.2. The molecule has 0 aliphatic heterocycles. The van der Waals surface area contributed by atoms with Gasteiger partial charge in [0.2, 0.25) is 0 Å². The largest absolute Gasteiger partial charge is 0.497 e. The molecule has 1 heterocycles. The van der Waals surface area contributed by atoms with Crippen molar-refractivity contribution in [1.82, 2.24) is 14.9 Å². The molecular weight excluding hydrogens is 393 g/mol. The van der Waals surface area contributed by atoms with Gasteiger partial charge in [0.25, 0.3) is 0 Å². The van der Waals surface area contributed by atoms with Crippen LogP contribution in [0.4, 0.5) is 19.0 Å². The van der Waals surface area contributed by atoms with Crippen molar-refractivity contribution in [3.63, 3.8) is 0 Å². The maximum atomic E-state index is 13.4. The highest BCUT2D eigenvalue weighted by Gasteiger charge is 2.32. The van der Waals surface area contributed by atoms with Crippen molar-refractivity contribution in [2.75, 3.05) is 39.6 Å². The first-order chi connectivity index (χ1) is 14.2. The van der Waals surface area contributed by atoms with Crippen molar-refractivity contribution in [3.05, 3.63) is 47.5 Å². The maximum absolute atomic E-state index is 13.4. The SMILES string of the molecule is COc1cc(-c2nc(NCCCN(C)C)c3cccc(C)c3n2)cc(C(F)(F)F)c1. The second kappa shape index (κ2) is 8.87. The van der Waals surface area contributed by atoms with Crippen LogP contribution in [0.2, 0.25) is 0 Å². The smallest absolute Gasteiger partial charge is 0.416 e. The van der Waals surface area contributed by atoms with Crippen LogP contribution in [0.3, 0.4) is 0 Å². The molecule has 3 rings (SSSR count). The molecule has 0 aliphatic rings. The lowest BCUT2D eigenvalue weighted by atomic mass is 10.1. The van der Waals surface area contributed by atoms with E-state index in [2.05, 4.69) is 20.2 Å². The third kappa shape index (κ3) is 4.99. The molecule has 0 bridgehead atoms. The van der Waals surface area contributed by atoms with E-state index in [1.165, 1.54) is 13.2 Å². The summed E-state index contributed by atoms with van der Waals surface area (Å²) in [6.45, 7) is 3.51. The molecule has 1 aromatic heterocycles. The first kappa shape index (κ1) is 21.8. The van der Waals surface area contributed by atoms with Gasteiger partial charge in [-0.3, -0.25) is 0 Å². The minimum Gasteiger partial charge on any atom is -0.497 e. The van der Waals surface area contributed by atoms with Crippen LogP contribution in [0.25, 0.3) is 22.3 Å². The lowest BCUT2D eigenvalue weighted by Crippen LogP contribution is -2.17. The second-order valence-electron chi connectivity index (χ2n) is 7.40. The van der Waals surface area contributed by atoms with Crippen LogP contribution in [-0.4, -0.2) is 49.2 Å². The zero-order chi connectivity index (χ0) is 21.9. The molecule has 0 aliphatic carbocycles. The topological polar surface area (TPSA) is 50.3 Å². The zero-order valence-corrected chi connectivity index (χ0v) is 17.5. The minimum atomic E-state index is -4.50. The van der Waals surface area contributed by atoms with Crippen LogP contribution in [0, 0.1) is 6.92 Å². The predicted molar refractivity (Wildman–Crippen MR) is 113 cm³/mol. The summed E-state index contributed by atoms with van der Waals surface area (Å²) in [5.41, 5.74) is 1.08. The van der Waals surface area contributed by atoms with Gasteiger partial charge < -0.3 is 15.0 Å². The summed E-state index contributed by atoms with van der Waals surface area (Å²) in [5, 5.41) is 4.16. The summed E-state index contributed by atoms with van der Waals surface area (Å²) in [7, 11) is 5.34. The number of hydrogen-bond acceptors (Lipinski definition) is 5. The van der Waals surface area contributed by atoms with Crippen molar-refractivity contribution in [1.29, 1.82) is 0 Å². The molecule has 160 valence electrons. The van der Waals surface area contributed by atoms with Crippen molar-refractivity contribution in [2.45, 2.75) is 19.5 Å². The monoisotopic (exact) mass is 418 g/mol. The molecule has 0 unspecified atom stereocenters. The number of ether oxygens (including phenoxy) is 1. The van der Waals surface area contributed by atoms with Crippen LogP contribution in [0.1, 0.15) is 17.5 Å². The number of aromatic nitrogens is 2. The van der Waals surface area contributed by atoms with Gasteiger partial charge in [0.05, 0.1) is 18.2 Å². The Hall–Kier alpha value is -2.87. The highest BCUT2D eigenvalue weighted by atomic mass is 19.4. The molecule has 0 amide bonds. The van der Waals surface area contributed by atoms with E-state index in [0.717, 1.165) is 36.0 Å². The van der Waals surface area contributed by atoms with Crippen LogP contribution >= 0.6 is 0 Å². The molecule has 8 heteroatoms. The first-order valence-electron chi connectivity index (χ1n) is 9.61. The van der Waals surface area contributed by atoms with E-state index >= 15 is 0 Å². The number of benzene rings is 2. The Kier molecular flexibility index (Phi) is 6.45. The van der Waals surface area contributed by atoms with E-state index in [9.17, 15) is 13.2 Å². The molecule has 3 aromatic rings. The number of fused-ring (bicyclic) bond motifs is 1. The van der Waals surface area contributed by atoms with E-state index < -0.39 is 11.7 Å². The van der Waals surface area contributed by atoms with Gasteiger partial charge in [0, 0.05) is 17.5 Å². The third-order valence-corrected chi connectivity index (χ3v) is 4.73. The van der Waals surface area contributed by atoms with Gasteiger partial charge in [-0.2, -0.15) is 13.2 Å². The standard InChI is InChI=1S/C22H25F3N4O/c1-14-7-5-8-18-19(14)27-20(28-21(18)26-9-6-10-29(2)3)15-11-16(22(23,24)25)13-17(12-15)30-4/h5,7-8,11-13H,6,9-10H2,1-4H3,(H,26,27,28). The van der Waals surface area contributed by atoms with E-state index in [4.69, 9.17) is 4.74 Å². The van der Waals surface area contributed by atoms with Crippen LogP contribution in [0.5, 0.6) is 5.75 Å². The van der Waals surface area contributed by atoms with Crippen molar-refractivity contribution < 1.29 is 17.9 Å². The Morgan fingerprint density at radius 3 is 2.53 bits per heavy atom. The third-order valence-electron chi connectivity index (χ3n) is 4.73. The average molecular weight is 418 g/mol. The zero-order valence-electron chi connectivity index (χ0n) is 17.5. The van der Waals surface area contributed by atoms with Gasteiger partial charge in [-0.05, 0) is 63.8 Å². The summed E-state index contributed by atoms with van der Waals surface area (Å²) in [5.74, 6) is 0.930. The van der Waals surface area contributed by atoms with E-state index in [1.807, 2.05) is 39.2 Å². The van der Waals surface area contributed by atoms with Crippen LogP contribution < -0.4 is 10.1 Å². The Labute approximate surface area is 173 Å². The van der Waals surface area contributed by atoms with E-state index in [1.54, 1.807) is 0 Å². The lowest BCUT2D eigenvalue weighted by Gasteiger charge is -2.15. The highest BCUT2D eigenvalue weighted by Crippen LogP contribution is 2.36. The Morgan fingerprint density at radius 1 is 1.10 bits per heavy atom. The Bertz CT molecular complexity index is 1030. The Balaban J connectivity index is 2.09. The maximum Gasteiger partial charge on any atom is 0.416 e. The molecule has 30 heavy (non-hydrogen) atoms. The second-order valence-corrected chi connectivity index (χ2v) is 7.40. The summed E-state index contributed by atoms with van der Waals surface area (Å²) in [6.07, 6.45) is -3.60. The molecule has 0 radical (unpaired) electrons. The van der Waals surface area contributed by atoms with Gasteiger partial charge >= 0.3 is 6.18 Å². The number of methoxy groups -OCH3 is 1. The molecule has 0 saturated heterocycles. The number of nitrogens with one attached hydrogen (secondary N) is 1. The fourth-order valence-electron chi connectivity index (χ4n) is 3.17. The fraction of sp³-hybridized carbons (Fsp3) is 0.364. The van der Waals surface area contributed by atoms with Crippen molar-refractivity contribution >= 4 is 16.7 Å². The summed E-state index contributed by atoms with van der Waals surface area (Å²) >= 11 is 0. The first-order valence-corrected chi connectivity index (χ1v) is 9.61. The summed E-state index contributed by atoms with van der Waals surface area (Å²) in [6, 6.07) is 9.28. The molecule has 0 atom stereocenters. The van der Waals surface area contributed by atoms with Crippen molar-refractivity contribution in [2.24, 2.45) is 0 Å². The molecule has 2 aromatic carbocycles. The normalized spacial score (nSPS) is 11.9. The lowest BCUT2D eigenvalue weighted by molar-refractivity contribution is -0.137. The Morgan fingerprint density at radius 2 is 1.87 bits per heavy atom. The number of para-hydroxylation sites is 1. The number of alkyl halides is 3. The molecule has 0 fully saturated rings. The minimum absolute atomic E-state index is 0.105. The number of rotatable bonds is 7. The number of anilines is 1. The van der Waals surface area contributed by atoms with Crippen LogP contribution in [-0.2, 0) is 6.18 Å². The molecule has 0 spiro atoms. The molecule has 0 saturated carbocycles. The van der Waals surface area contributed by atoms with Gasteiger partial charge in [0.1, 0.15) is 11.6 Å². The fourth-order valence-corrected chi connectivity index (χ4v) is 3.17. The van der Waals surface area contributed by atoms with Gasteiger partial charge in [-0.1, -0.05) is 12.1 Å². The summed E-state index contributed by atoms with van der Waals surface area (Å²) < 4.78 is 45.1. The van der Waals surface area contributed by atoms with Gasteiger partial charge in [-0.15, -0.1) is 0 Å². The number of nitrogens with zero attached hydrogens (tertiary/aromatic N) is 3. The molecule has 1 N–H and O–H groups in total. The van der Waals surface area contributed by atoms with Crippen molar-refractivity contribution in [3.8, 4) is 17.1 Å². The number of aryl methyl sites for hydroxylation is 1. The molecular formula is C22H25F3N4O. The average Bonchev–Trinajstić information content (AvgIpc) is 2.70. The highest BCUT2D eigenvalue weighted by molar-refractivity contribution is 5.92. The van der Waals surface area contributed by atoms with Crippen LogP contribution in [0.15, 0.2) is 36.4 Å².